The second-order valence-electron chi connectivity index (χ2n) is 5.96. The number of hydrogen-bond donors (Lipinski definition) is 1. The SMILES string of the molecule is CSc1ccc(C(=O)CCC(=O)NCCCOc2cccc([N+](=O)[O-])c2)cc1. The van der Waals surface area contributed by atoms with E-state index in [4.69, 9.17) is 4.74 Å². The Labute approximate surface area is 167 Å². The number of ketones is 1. The number of non-ortho nitro benzene ring substituents is 1. The molecule has 0 unspecified atom stereocenters. The number of Topliss-reactive ketones (excluding diaryl/α,β-unsaturated/α-hetero) is 1. The van der Waals surface area contributed by atoms with Crippen LogP contribution in [0.1, 0.15) is 29.6 Å². The summed E-state index contributed by atoms with van der Waals surface area (Å²) in [4.78, 5) is 35.3. The highest BCUT2D eigenvalue weighted by Gasteiger charge is 2.09. The van der Waals surface area contributed by atoms with E-state index in [-0.39, 0.29) is 30.2 Å². The summed E-state index contributed by atoms with van der Waals surface area (Å²) in [7, 11) is 0. The Hall–Kier alpha value is -2.87. The molecule has 0 fully saturated rings. The molecule has 1 amide bonds. The molecule has 0 saturated heterocycles. The number of nitrogens with one attached hydrogen (secondary N) is 1. The molecule has 1 N–H and O–H groups in total. The molecule has 0 heterocycles. The Morgan fingerprint density at radius 1 is 1.14 bits per heavy atom. The molecule has 2 rings (SSSR count). The van der Waals surface area contributed by atoms with Gasteiger partial charge in [-0.25, -0.2) is 0 Å². The van der Waals surface area contributed by atoms with Gasteiger partial charge in [-0.3, -0.25) is 19.7 Å². The monoisotopic (exact) mass is 402 g/mol. The minimum atomic E-state index is -0.481. The van der Waals surface area contributed by atoms with Crippen molar-refractivity contribution in [3.05, 3.63) is 64.2 Å². The lowest BCUT2D eigenvalue weighted by Gasteiger charge is -2.07. The first kappa shape index (κ1) is 21.4. The third-order valence-corrected chi connectivity index (χ3v) is 4.68. The van der Waals surface area contributed by atoms with Crippen LogP contribution >= 0.6 is 11.8 Å². The smallest absolute Gasteiger partial charge is 0.273 e. The van der Waals surface area contributed by atoms with Gasteiger partial charge in [0.2, 0.25) is 5.91 Å². The van der Waals surface area contributed by atoms with E-state index in [1.807, 2.05) is 18.4 Å². The van der Waals surface area contributed by atoms with Crippen molar-refractivity contribution < 1.29 is 19.2 Å². The van der Waals surface area contributed by atoms with E-state index in [1.54, 1.807) is 36.0 Å². The van der Waals surface area contributed by atoms with E-state index in [9.17, 15) is 19.7 Å². The largest absolute Gasteiger partial charge is 0.493 e. The molecule has 7 nitrogen and oxygen atoms in total. The number of thioether (sulfide) groups is 1. The van der Waals surface area contributed by atoms with Crippen molar-refractivity contribution in [2.24, 2.45) is 0 Å². The molecule has 0 saturated carbocycles. The van der Waals surface area contributed by atoms with Crippen LogP contribution in [-0.4, -0.2) is 36.0 Å². The van der Waals surface area contributed by atoms with E-state index in [0.717, 1.165) is 4.90 Å². The van der Waals surface area contributed by atoms with Crippen LogP contribution in [0.5, 0.6) is 5.75 Å². The molecule has 0 aliphatic rings. The van der Waals surface area contributed by atoms with Gasteiger partial charge >= 0.3 is 0 Å². The van der Waals surface area contributed by atoms with Crippen molar-refractivity contribution in [1.82, 2.24) is 5.32 Å². The van der Waals surface area contributed by atoms with Gasteiger partial charge in [0.15, 0.2) is 5.78 Å². The van der Waals surface area contributed by atoms with E-state index >= 15 is 0 Å². The van der Waals surface area contributed by atoms with Gasteiger partial charge < -0.3 is 10.1 Å². The summed E-state index contributed by atoms with van der Waals surface area (Å²) in [6.45, 7) is 0.729. The van der Waals surface area contributed by atoms with Gasteiger partial charge in [0.1, 0.15) is 5.75 Å². The fourth-order valence-electron chi connectivity index (χ4n) is 2.41. The summed E-state index contributed by atoms with van der Waals surface area (Å²) in [6, 6.07) is 13.3. The summed E-state index contributed by atoms with van der Waals surface area (Å²) in [5.41, 5.74) is 0.578. The Bertz CT molecular complexity index is 824. The molecule has 0 spiro atoms. The van der Waals surface area contributed by atoms with E-state index < -0.39 is 4.92 Å². The molecule has 0 aliphatic carbocycles. The number of hydrogen-bond acceptors (Lipinski definition) is 6. The maximum Gasteiger partial charge on any atom is 0.273 e. The Kier molecular flexibility index (Phi) is 8.48. The number of carbonyl (C=O) groups excluding carboxylic acids is 2. The lowest BCUT2D eigenvalue weighted by Crippen LogP contribution is -2.25. The highest BCUT2D eigenvalue weighted by Crippen LogP contribution is 2.19. The first-order chi connectivity index (χ1) is 13.5. The van der Waals surface area contributed by atoms with Gasteiger partial charge in [0.25, 0.3) is 5.69 Å². The number of nitro groups is 1. The summed E-state index contributed by atoms with van der Waals surface area (Å²) in [5.74, 6) is 0.167. The highest BCUT2D eigenvalue weighted by molar-refractivity contribution is 7.98. The molecule has 0 bridgehead atoms. The lowest BCUT2D eigenvalue weighted by molar-refractivity contribution is -0.384. The normalized spacial score (nSPS) is 10.3. The number of nitro benzene ring substituents is 1. The van der Waals surface area contributed by atoms with Crippen LogP contribution in [0.3, 0.4) is 0 Å². The van der Waals surface area contributed by atoms with E-state index in [0.29, 0.717) is 30.9 Å². The van der Waals surface area contributed by atoms with Crippen LogP contribution in [0.2, 0.25) is 0 Å². The topological polar surface area (TPSA) is 98.5 Å². The van der Waals surface area contributed by atoms with Crippen molar-refractivity contribution in [1.29, 1.82) is 0 Å². The summed E-state index contributed by atoms with van der Waals surface area (Å²) < 4.78 is 5.44. The predicted molar refractivity (Wildman–Crippen MR) is 108 cm³/mol. The lowest BCUT2D eigenvalue weighted by atomic mass is 10.1. The van der Waals surface area contributed by atoms with Crippen molar-refractivity contribution in [3.8, 4) is 5.75 Å². The molecular formula is C20H22N2O5S. The first-order valence-corrected chi connectivity index (χ1v) is 10.0. The number of benzene rings is 2. The second-order valence-corrected chi connectivity index (χ2v) is 6.84. The van der Waals surface area contributed by atoms with Crippen LogP contribution in [0.4, 0.5) is 5.69 Å². The van der Waals surface area contributed by atoms with Gasteiger partial charge in [-0.15, -0.1) is 11.8 Å². The molecule has 148 valence electrons. The van der Waals surface area contributed by atoms with E-state index in [1.165, 1.54) is 12.1 Å². The third kappa shape index (κ3) is 7.03. The minimum absolute atomic E-state index is 0.0291. The summed E-state index contributed by atoms with van der Waals surface area (Å²) in [5, 5.41) is 13.5. The molecule has 2 aromatic rings. The highest BCUT2D eigenvalue weighted by atomic mass is 32.2. The minimum Gasteiger partial charge on any atom is -0.493 e. The number of ether oxygens (including phenoxy) is 1. The maximum atomic E-state index is 12.1. The Morgan fingerprint density at radius 3 is 2.57 bits per heavy atom. The van der Waals surface area contributed by atoms with Gasteiger partial charge in [-0.05, 0) is 30.9 Å². The zero-order valence-corrected chi connectivity index (χ0v) is 16.4. The van der Waals surface area contributed by atoms with Crippen LogP contribution in [-0.2, 0) is 4.79 Å². The first-order valence-electron chi connectivity index (χ1n) is 8.81. The maximum absolute atomic E-state index is 12.1. The average molecular weight is 402 g/mol. The molecule has 28 heavy (non-hydrogen) atoms. The average Bonchev–Trinajstić information content (AvgIpc) is 2.72. The molecule has 0 aromatic heterocycles. The summed E-state index contributed by atoms with van der Waals surface area (Å²) >= 11 is 1.61. The number of nitrogens with zero attached hydrogens (tertiary/aromatic N) is 1. The molecule has 0 radical (unpaired) electrons. The van der Waals surface area contributed by atoms with Crippen LogP contribution in [0.15, 0.2) is 53.4 Å². The Morgan fingerprint density at radius 2 is 1.89 bits per heavy atom. The fourth-order valence-corrected chi connectivity index (χ4v) is 2.82. The van der Waals surface area contributed by atoms with Gasteiger partial charge in [0, 0.05) is 35.9 Å². The quantitative estimate of drug-likeness (QED) is 0.201. The molecule has 0 aliphatic heterocycles. The molecule has 2 aromatic carbocycles. The van der Waals surface area contributed by atoms with Crippen LogP contribution < -0.4 is 10.1 Å². The van der Waals surface area contributed by atoms with E-state index in [2.05, 4.69) is 5.32 Å². The number of carbonyl (C=O) groups is 2. The third-order valence-electron chi connectivity index (χ3n) is 3.93. The van der Waals surface area contributed by atoms with Gasteiger partial charge in [-0.2, -0.15) is 0 Å². The zero-order chi connectivity index (χ0) is 20.4. The standard InChI is InChI=1S/C20H22N2O5S/c1-28-18-8-6-15(7-9-18)19(23)10-11-20(24)21-12-3-13-27-17-5-2-4-16(14-17)22(25)26/h2,4-9,14H,3,10-13H2,1H3,(H,21,24). The fraction of sp³-hybridized carbons (Fsp3) is 0.300. The second kappa shape index (κ2) is 11.1. The predicted octanol–water partition coefficient (Wildman–Crippen LogP) is 3.86. The van der Waals surface area contributed by atoms with Crippen molar-refractivity contribution in [2.75, 3.05) is 19.4 Å². The van der Waals surface area contributed by atoms with Gasteiger partial charge in [0.05, 0.1) is 17.6 Å². The van der Waals surface area contributed by atoms with Crippen molar-refractivity contribution in [3.63, 3.8) is 0 Å². The van der Waals surface area contributed by atoms with Crippen molar-refractivity contribution >= 4 is 29.1 Å². The molecular weight excluding hydrogens is 380 g/mol. The molecule has 8 heteroatoms. The summed E-state index contributed by atoms with van der Waals surface area (Å²) in [6.07, 6.45) is 2.82. The Balaban J connectivity index is 1.62. The van der Waals surface area contributed by atoms with Gasteiger partial charge in [-0.1, -0.05) is 18.2 Å². The number of rotatable bonds is 11. The zero-order valence-electron chi connectivity index (χ0n) is 15.6. The molecule has 0 atom stereocenters. The number of amides is 1. The van der Waals surface area contributed by atoms with Crippen molar-refractivity contribution in [2.45, 2.75) is 24.2 Å². The van der Waals surface area contributed by atoms with Crippen LogP contribution in [0, 0.1) is 10.1 Å². The van der Waals surface area contributed by atoms with Crippen LogP contribution in [0.25, 0.3) is 0 Å².